The van der Waals surface area contributed by atoms with Crippen LogP contribution >= 0.6 is 23.2 Å². The van der Waals surface area contributed by atoms with Crippen molar-refractivity contribution in [1.29, 1.82) is 0 Å². The summed E-state index contributed by atoms with van der Waals surface area (Å²) in [6, 6.07) is 12.8. The molecule has 0 aromatic heterocycles. The second kappa shape index (κ2) is 15.0. The van der Waals surface area contributed by atoms with Crippen molar-refractivity contribution in [3.63, 3.8) is 0 Å². The Bertz CT molecular complexity index is 1530. The second-order valence-corrected chi connectivity index (χ2v) is 18.0. The summed E-state index contributed by atoms with van der Waals surface area (Å²) < 4.78 is 51.2. The number of likely N-dealkylation sites (tertiary alicyclic amines) is 1. The average molecular weight is 699 g/mol. The molecule has 2 aromatic carbocycles. The van der Waals surface area contributed by atoms with E-state index in [1.807, 2.05) is 18.2 Å². The Morgan fingerprint density at radius 3 is 2.09 bits per heavy atom. The Balaban J connectivity index is 1.11. The number of hydrogen-bond donors (Lipinski definition) is 0. The molecule has 0 unspecified atom stereocenters. The number of piperidine rings is 2. The summed E-state index contributed by atoms with van der Waals surface area (Å²) in [7, 11) is -6.49. The molecule has 1 aliphatic carbocycles. The number of carbonyl (C=O) groups is 1. The van der Waals surface area contributed by atoms with Crippen molar-refractivity contribution >= 4 is 54.7 Å². The van der Waals surface area contributed by atoms with Crippen LogP contribution in [0.25, 0.3) is 0 Å². The number of benzene rings is 2. The summed E-state index contributed by atoms with van der Waals surface area (Å²) >= 11 is 12.5. The molecule has 2 aromatic rings. The van der Waals surface area contributed by atoms with Gasteiger partial charge in [-0.15, -0.1) is 0 Å². The molecule has 0 spiro atoms. The monoisotopic (exact) mass is 697 g/mol. The largest absolute Gasteiger partial charge is 0.312 e. The molecule has 0 bridgehead atoms. The molecule has 3 aliphatic rings. The lowest BCUT2D eigenvalue weighted by Gasteiger charge is -2.35. The Morgan fingerprint density at radius 1 is 0.844 bits per heavy atom. The van der Waals surface area contributed by atoms with Crippen LogP contribution in [-0.2, 0) is 31.1 Å². The Kier molecular flexibility index (Phi) is 11.6. The highest BCUT2D eigenvalue weighted by atomic mass is 35.5. The van der Waals surface area contributed by atoms with Crippen molar-refractivity contribution in [2.75, 3.05) is 50.4 Å². The number of amides is 1. The summed E-state index contributed by atoms with van der Waals surface area (Å²) in [5, 5.41) is 0.607. The van der Waals surface area contributed by atoms with Gasteiger partial charge in [-0.3, -0.25) is 4.79 Å². The minimum absolute atomic E-state index is 0.00214. The van der Waals surface area contributed by atoms with Gasteiger partial charge in [0, 0.05) is 31.2 Å². The number of nitrogens with zero attached hydrogens (tertiary/aromatic N) is 3. The first-order chi connectivity index (χ1) is 21.4. The lowest BCUT2D eigenvalue weighted by atomic mass is 9.90. The molecule has 2 heterocycles. The first kappa shape index (κ1) is 34.6. The van der Waals surface area contributed by atoms with Crippen LogP contribution in [0.2, 0.25) is 10.0 Å². The minimum Gasteiger partial charge on any atom is -0.312 e. The van der Waals surface area contributed by atoms with Gasteiger partial charge in [0.25, 0.3) is 0 Å². The van der Waals surface area contributed by atoms with E-state index in [1.54, 1.807) is 29.2 Å². The van der Waals surface area contributed by atoms with E-state index in [1.165, 1.54) is 16.1 Å². The maximum atomic E-state index is 13.7. The number of rotatable bonds is 11. The molecule has 8 nitrogen and oxygen atoms in total. The lowest BCUT2D eigenvalue weighted by Crippen LogP contribution is -2.45. The van der Waals surface area contributed by atoms with Crippen LogP contribution in [-0.4, -0.2) is 82.7 Å². The number of halogens is 2. The molecular weight excluding hydrogens is 653 g/mol. The van der Waals surface area contributed by atoms with E-state index in [0.717, 1.165) is 71.0 Å². The molecule has 0 radical (unpaired) electrons. The summed E-state index contributed by atoms with van der Waals surface area (Å²) in [6.07, 6.45) is 9.68. The molecule has 248 valence electrons. The van der Waals surface area contributed by atoms with Crippen LogP contribution in [0.5, 0.6) is 0 Å². The van der Waals surface area contributed by atoms with Gasteiger partial charge in [0.2, 0.25) is 15.9 Å². The van der Waals surface area contributed by atoms with E-state index in [2.05, 4.69) is 4.90 Å². The van der Waals surface area contributed by atoms with E-state index in [4.69, 9.17) is 23.2 Å². The van der Waals surface area contributed by atoms with Gasteiger partial charge in [-0.2, -0.15) is 0 Å². The third-order valence-corrected chi connectivity index (χ3v) is 14.2. The minimum atomic E-state index is -3.27. The molecule has 12 heteroatoms. The van der Waals surface area contributed by atoms with Gasteiger partial charge in [-0.25, -0.2) is 21.1 Å². The third-order valence-electron chi connectivity index (χ3n) is 9.83. The zero-order valence-corrected chi connectivity index (χ0v) is 29.2. The van der Waals surface area contributed by atoms with Gasteiger partial charge in [-0.1, -0.05) is 48.2 Å². The van der Waals surface area contributed by atoms with Crippen molar-refractivity contribution in [1.82, 2.24) is 9.21 Å². The van der Waals surface area contributed by atoms with Gasteiger partial charge in [0.05, 0.1) is 26.4 Å². The number of sulfone groups is 1. The predicted octanol–water partition coefficient (Wildman–Crippen LogP) is 6.06. The summed E-state index contributed by atoms with van der Waals surface area (Å²) in [4.78, 5) is 18.4. The first-order valence-corrected chi connectivity index (χ1v) is 20.3. The Morgan fingerprint density at radius 2 is 1.49 bits per heavy atom. The fraction of sp³-hybridized carbons (Fsp3) is 0.606. The van der Waals surface area contributed by atoms with E-state index in [9.17, 15) is 21.6 Å². The van der Waals surface area contributed by atoms with E-state index < -0.39 is 19.9 Å². The molecule has 2 aliphatic heterocycles. The van der Waals surface area contributed by atoms with Crippen LogP contribution in [0.1, 0.15) is 63.4 Å². The predicted molar refractivity (Wildman–Crippen MR) is 181 cm³/mol. The maximum Gasteiger partial charge on any atom is 0.230 e. The van der Waals surface area contributed by atoms with Gasteiger partial charge in [0.1, 0.15) is 0 Å². The van der Waals surface area contributed by atoms with E-state index in [-0.39, 0.29) is 17.1 Å². The van der Waals surface area contributed by atoms with Crippen molar-refractivity contribution in [2.24, 2.45) is 11.8 Å². The molecule has 1 amide bonds. The zero-order chi connectivity index (χ0) is 32.2. The number of hydrogen-bond acceptors (Lipinski definition) is 6. The van der Waals surface area contributed by atoms with Crippen LogP contribution in [0.4, 0.5) is 5.69 Å². The average Bonchev–Trinajstić information content (AvgIpc) is 3.58. The highest BCUT2D eigenvalue weighted by Crippen LogP contribution is 2.32. The molecule has 5 rings (SSSR count). The van der Waals surface area contributed by atoms with E-state index >= 15 is 0 Å². The smallest absolute Gasteiger partial charge is 0.230 e. The summed E-state index contributed by atoms with van der Waals surface area (Å²) in [6.45, 7) is 4.09. The van der Waals surface area contributed by atoms with E-state index in [0.29, 0.717) is 59.0 Å². The van der Waals surface area contributed by atoms with Crippen molar-refractivity contribution in [3.05, 3.63) is 58.1 Å². The maximum absolute atomic E-state index is 13.7. The van der Waals surface area contributed by atoms with Crippen LogP contribution < -0.4 is 4.90 Å². The van der Waals surface area contributed by atoms with Crippen molar-refractivity contribution in [2.45, 2.75) is 74.4 Å². The molecule has 2 saturated heterocycles. The van der Waals surface area contributed by atoms with Gasteiger partial charge < -0.3 is 9.80 Å². The molecule has 0 atom stereocenters. The highest BCUT2D eigenvalue weighted by Gasteiger charge is 2.33. The van der Waals surface area contributed by atoms with Crippen LogP contribution in [0.3, 0.4) is 0 Å². The van der Waals surface area contributed by atoms with Crippen molar-refractivity contribution in [3.8, 4) is 0 Å². The summed E-state index contributed by atoms with van der Waals surface area (Å²) in [5.74, 6) is 0.318. The fourth-order valence-electron chi connectivity index (χ4n) is 7.08. The Hall–Kier alpha value is -1.69. The zero-order valence-electron chi connectivity index (χ0n) is 26.0. The third kappa shape index (κ3) is 8.82. The Labute approximate surface area is 279 Å². The number of carbonyl (C=O) groups excluding carboxylic acids is 1. The molecule has 45 heavy (non-hydrogen) atoms. The molecule has 0 N–H and O–H groups in total. The molecule has 1 saturated carbocycles. The van der Waals surface area contributed by atoms with Gasteiger partial charge >= 0.3 is 0 Å². The first-order valence-electron chi connectivity index (χ1n) is 16.2. The van der Waals surface area contributed by atoms with Crippen LogP contribution in [0.15, 0.2) is 47.4 Å². The lowest BCUT2D eigenvalue weighted by molar-refractivity contribution is -0.123. The van der Waals surface area contributed by atoms with Crippen LogP contribution in [0, 0.1) is 11.8 Å². The topological polar surface area (TPSA) is 95.1 Å². The second-order valence-electron chi connectivity index (χ2n) is 13.0. The van der Waals surface area contributed by atoms with Gasteiger partial charge in [-0.05, 0) is 113 Å². The SMILES string of the molecule is CS(=O)(=O)N1CCC(C(=O)N(CCCN2CCC(Cc3ccc(S(=O)(=O)C4CCCC4)cc3)CC2)c2ccc(Cl)c(Cl)c2)CC1. The normalized spacial score (nSPS) is 20.1. The summed E-state index contributed by atoms with van der Waals surface area (Å²) in [5.41, 5.74) is 1.90. The fourth-order valence-corrected chi connectivity index (χ4v) is 10.1. The highest BCUT2D eigenvalue weighted by molar-refractivity contribution is 7.92. The van der Waals surface area contributed by atoms with Crippen molar-refractivity contribution < 1.29 is 21.6 Å². The molecular formula is C33H45Cl2N3O5S2. The number of sulfonamides is 1. The van der Waals surface area contributed by atoms with Gasteiger partial charge in [0.15, 0.2) is 9.84 Å². The quantitative estimate of drug-likeness (QED) is 0.283. The molecule has 3 fully saturated rings. The standard InChI is InChI=1S/C33H45Cl2N3O5S2/c1-44(40,41)37-21-15-27(16-22-37)33(39)38(28-9-12-31(34)32(35)24-28)18-4-17-36-19-13-26(14-20-36)23-25-7-10-30(11-8-25)45(42,43)29-5-2-3-6-29/h7-12,24,26-27,29H,2-6,13-23H2,1H3. The number of anilines is 1.